The number of hydrogen-bond acceptors (Lipinski definition) is 4. The van der Waals surface area contributed by atoms with Gasteiger partial charge >= 0.3 is 0 Å². The Balaban J connectivity index is 2.19. The van der Waals surface area contributed by atoms with Crippen molar-refractivity contribution in [2.45, 2.75) is 12.8 Å². The van der Waals surface area contributed by atoms with Gasteiger partial charge < -0.3 is 19.8 Å². The van der Waals surface area contributed by atoms with Gasteiger partial charge in [-0.3, -0.25) is 9.80 Å². The minimum atomic E-state index is -1.06. The fourth-order valence-electron chi connectivity index (χ4n) is 1.51. The summed E-state index contributed by atoms with van der Waals surface area (Å²) in [6.07, 6.45) is 3.75. The molecule has 0 aromatic carbocycles. The summed E-state index contributed by atoms with van der Waals surface area (Å²) in [5, 5.41) is 20.4. The summed E-state index contributed by atoms with van der Waals surface area (Å²) in [4.78, 5) is 22.5. The Morgan fingerprint density at radius 3 is 1.73 bits per heavy atom. The van der Waals surface area contributed by atoms with Gasteiger partial charge in [-0.2, -0.15) is 0 Å². The lowest BCUT2D eigenvalue weighted by atomic mass is 10.4. The van der Waals surface area contributed by atoms with Crippen LogP contribution in [0.25, 0.3) is 0 Å². The maximum atomic E-state index is 10.2. The standard InChI is InChI=1S/C9H14N2O4/c12-8(13)1-3-10-5-6-11(7-10)4-2-9(14)15/h5-6H,1-4,7H2,(H,12,13)(H,14,15). The van der Waals surface area contributed by atoms with E-state index in [0.717, 1.165) is 9.80 Å². The van der Waals surface area contributed by atoms with E-state index in [-0.39, 0.29) is 12.8 Å². The quantitative estimate of drug-likeness (QED) is 0.461. The second-order valence-corrected chi connectivity index (χ2v) is 3.57. The Morgan fingerprint density at radius 1 is 1.00 bits per heavy atom. The highest BCUT2D eigenvalue weighted by Gasteiger charge is 2.20. The van der Waals surface area contributed by atoms with E-state index in [2.05, 4.69) is 0 Å². The van der Waals surface area contributed by atoms with Crippen molar-refractivity contribution in [3.8, 4) is 0 Å². The van der Waals surface area contributed by atoms with E-state index in [4.69, 9.17) is 0 Å². The first-order valence-electron chi connectivity index (χ1n) is 4.85. The van der Waals surface area contributed by atoms with Gasteiger partial charge in [-0.15, -0.1) is 0 Å². The van der Waals surface area contributed by atoms with E-state index in [9.17, 15) is 19.8 Å². The van der Waals surface area contributed by atoms with Crippen molar-refractivity contribution in [3.05, 3.63) is 12.4 Å². The molecule has 0 aromatic heterocycles. The van der Waals surface area contributed by atoms with Crippen molar-refractivity contribution in [1.82, 2.24) is 0 Å². The highest BCUT2D eigenvalue weighted by molar-refractivity contribution is 5.64. The van der Waals surface area contributed by atoms with Gasteiger partial charge in [0.1, 0.15) is 0 Å². The lowest BCUT2D eigenvalue weighted by molar-refractivity contribution is -1.01. The van der Waals surface area contributed by atoms with Crippen LogP contribution in [0.3, 0.4) is 0 Å². The van der Waals surface area contributed by atoms with Crippen LogP contribution in [0.15, 0.2) is 12.4 Å². The van der Waals surface area contributed by atoms with Gasteiger partial charge in [0.25, 0.3) is 0 Å². The highest BCUT2D eigenvalue weighted by Crippen LogP contribution is 1.71. The second kappa shape index (κ2) is 5.47. The number of hydrogen-bond donors (Lipinski definition) is 2. The largest absolute Gasteiger partial charge is 0.550 e. The summed E-state index contributed by atoms with van der Waals surface area (Å²) in [5.41, 5.74) is 0. The smallest absolute Gasteiger partial charge is 0.213 e. The van der Waals surface area contributed by atoms with Crippen molar-refractivity contribution in [3.63, 3.8) is 0 Å². The molecule has 0 radical (unpaired) electrons. The maximum absolute atomic E-state index is 10.2. The topological polar surface area (TPSA) is 89.1 Å². The molecule has 1 aliphatic rings. The van der Waals surface area contributed by atoms with Gasteiger partial charge in [0.15, 0.2) is 12.4 Å². The van der Waals surface area contributed by atoms with Crippen LogP contribution in [0.5, 0.6) is 0 Å². The van der Waals surface area contributed by atoms with Crippen molar-refractivity contribution in [2.24, 2.45) is 0 Å². The molecule has 0 amide bonds. The summed E-state index contributed by atoms with van der Waals surface area (Å²) >= 11 is 0. The number of quaternary nitrogens is 2. The van der Waals surface area contributed by atoms with Gasteiger partial charge in [-0.1, -0.05) is 0 Å². The third-order valence-corrected chi connectivity index (χ3v) is 2.31. The third kappa shape index (κ3) is 4.57. The van der Waals surface area contributed by atoms with Crippen molar-refractivity contribution < 1.29 is 29.6 Å². The molecule has 84 valence electrons. The predicted octanol–water partition coefficient (Wildman–Crippen LogP) is -5.52. The molecule has 0 fully saturated rings. The van der Waals surface area contributed by atoms with Gasteiger partial charge in [0.2, 0.25) is 6.67 Å². The Kier molecular flexibility index (Phi) is 4.26. The summed E-state index contributed by atoms with van der Waals surface area (Å²) in [5.74, 6) is -2.11. The molecular formula is C9H14N2O4. The zero-order valence-electron chi connectivity index (χ0n) is 8.32. The third-order valence-electron chi connectivity index (χ3n) is 2.31. The van der Waals surface area contributed by atoms with Gasteiger partial charge in [0, 0.05) is 24.8 Å². The van der Waals surface area contributed by atoms with E-state index < -0.39 is 11.9 Å². The van der Waals surface area contributed by atoms with E-state index in [1.165, 1.54) is 0 Å². The number of carbonyl (C=O) groups excluding carboxylic acids is 2. The first kappa shape index (κ1) is 11.7. The summed E-state index contributed by atoms with van der Waals surface area (Å²) in [7, 11) is 0. The Morgan fingerprint density at radius 2 is 1.40 bits per heavy atom. The van der Waals surface area contributed by atoms with Crippen LogP contribution in [0.4, 0.5) is 0 Å². The minimum Gasteiger partial charge on any atom is -0.550 e. The molecule has 0 spiro atoms. The molecule has 1 heterocycles. The number of carbonyl (C=O) groups is 2. The van der Waals surface area contributed by atoms with E-state index in [0.29, 0.717) is 19.8 Å². The van der Waals surface area contributed by atoms with Crippen molar-refractivity contribution >= 4 is 11.9 Å². The second-order valence-electron chi connectivity index (χ2n) is 3.57. The van der Waals surface area contributed by atoms with Crippen LogP contribution < -0.4 is 20.0 Å². The number of carboxylic acids is 2. The fourth-order valence-corrected chi connectivity index (χ4v) is 1.51. The maximum Gasteiger partial charge on any atom is 0.213 e. The lowest BCUT2D eigenvalue weighted by Crippen LogP contribution is -3.23. The molecule has 2 atom stereocenters. The molecule has 15 heavy (non-hydrogen) atoms. The molecule has 0 saturated heterocycles. The van der Waals surface area contributed by atoms with E-state index in [1.807, 2.05) is 12.4 Å². The lowest BCUT2D eigenvalue weighted by Gasteiger charge is -2.12. The van der Waals surface area contributed by atoms with Crippen LogP contribution in [-0.2, 0) is 9.59 Å². The molecule has 2 unspecified atom stereocenters. The minimum absolute atomic E-state index is 0.0213. The highest BCUT2D eigenvalue weighted by atomic mass is 16.4. The van der Waals surface area contributed by atoms with Crippen LogP contribution in [0.1, 0.15) is 12.8 Å². The zero-order valence-corrected chi connectivity index (χ0v) is 8.32. The normalized spacial score (nSPS) is 24.3. The van der Waals surface area contributed by atoms with Crippen molar-refractivity contribution in [2.75, 3.05) is 19.8 Å². The molecule has 0 aromatic rings. The van der Waals surface area contributed by atoms with Gasteiger partial charge in [-0.25, -0.2) is 0 Å². The van der Waals surface area contributed by atoms with Crippen molar-refractivity contribution in [1.29, 1.82) is 0 Å². The summed E-state index contributed by atoms with van der Waals surface area (Å²) in [6, 6.07) is 0. The molecule has 6 nitrogen and oxygen atoms in total. The number of carboxylic acid groups (broad SMARTS) is 2. The molecule has 2 N–H and O–H groups in total. The first-order valence-corrected chi connectivity index (χ1v) is 4.85. The van der Waals surface area contributed by atoms with Crippen LogP contribution in [0, 0.1) is 0 Å². The predicted molar refractivity (Wildman–Crippen MR) is 44.9 cm³/mol. The fraction of sp³-hybridized carbons (Fsp3) is 0.556. The van der Waals surface area contributed by atoms with Crippen LogP contribution >= 0.6 is 0 Å². The van der Waals surface area contributed by atoms with Gasteiger partial charge in [0.05, 0.1) is 13.1 Å². The molecule has 6 heteroatoms. The van der Waals surface area contributed by atoms with Gasteiger partial charge in [-0.05, 0) is 0 Å². The average Bonchev–Trinajstić information content (AvgIpc) is 2.59. The molecule has 1 aliphatic heterocycles. The SMILES string of the molecule is O=C([O-])CC[NH+]1C=C[NH+](CCC(=O)[O-])C1. The average molecular weight is 214 g/mol. The first-order chi connectivity index (χ1) is 7.08. The monoisotopic (exact) mass is 214 g/mol. The van der Waals surface area contributed by atoms with Crippen LogP contribution in [-0.4, -0.2) is 31.7 Å². The molecule has 0 bridgehead atoms. The summed E-state index contributed by atoms with van der Waals surface area (Å²) < 4.78 is 0. The van der Waals surface area contributed by atoms with E-state index >= 15 is 0 Å². The molecular weight excluding hydrogens is 200 g/mol. The number of rotatable bonds is 6. The number of nitrogens with one attached hydrogen (secondary N) is 2. The molecule has 1 rings (SSSR count). The molecule has 0 saturated carbocycles. The number of aliphatic carboxylic acids is 2. The van der Waals surface area contributed by atoms with E-state index in [1.54, 1.807) is 0 Å². The molecule has 0 aliphatic carbocycles. The Labute approximate surface area is 87.4 Å². The zero-order chi connectivity index (χ0) is 11.3. The Bertz CT molecular complexity index is 251. The Hall–Kier alpha value is -1.40. The van der Waals surface area contributed by atoms with Crippen LogP contribution in [0.2, 0.25) is 0 Å². The summed E-state index contributed by atoms with van der Waals surface area (Å²) in [6.45, 7) is 1.64.